The SMILES string of the molecule is C1=CNCC(c2ccc(C3C=C(c4cccc5ccccc45)N=C(c4cccc(-c5c6ccccc6c(-c6cccc7ccccc67)c6ccccc56)c4)N3)cc2)=C1. The van der Waals surface area contributed by atoms with Crippen molar-refractivity contribution in [3.8, 4) is 22.3 Å². The summed E-state index contributed by atoms with van der Waals surface area (Å²) in [5.74, 6) is 0.853. The van der Waals surface area contributed by atoms with E-state index in [-0.39, 0.29) is 6.04 Å². The third kappa shape index (κ3) is 5.88. The normalized spacial score (nSPS) is 15.2. The number of dihydropyridines is 1. The van der Waals surface area contributed by atoms with Crippen LogP contribution in [-0.4, -0.2) is 12.4 Å². The molecule has 11 rings (SSSR count). The van der Waals surface area contributed by atoms with Gasteiger partial charge in [-0.05, 0) is 106 Å². The average Bonchev–Trinajstić information content (AvgIpc) is 3.30. The molecule has 0 amide bonds. The number of hydrogen-bond acceptors (Lipinski definition) is 3. The lowest BCUT2D eigenvalue weighted by Gasteiger charge is -2.25. The third-order valence-corrected chi connectivity index (χ3v) is 11.8. The van der Waals surface area contributed by atoms with Gasteiger partial charge >= 0.3 is 0 Å². The van der Waals surface area contributed by atoms with Crippen molar-refractivity contribution in [2.75, 3.05) is 6.54 Å². The Kier molecular flexibility index (Phi) is 8.29. The first-order valence-corrected chi connectivity index (χ1v) is 20.0. The maximum atomic E-state index is 5.42. The Morgan fingerprint density at radius 3 is 1.67 bits per heavy atom. The summed E-state index contributed by atoms with van der Waals surface area (Å²) in [6.45, 7) is 0.826. The summed E-state index contributed by atoms with van der Waals surface area (Å²) in [6.07, 6.45) is 8.52. The van der Waals surface area contributed by atoms with Crippen molar-refractivity contribution in [1.82, 2.24) is 10.6 Å². The standard InChI is InChI=1S/C55H39N3/c1-3-20-43-37(13-1)15-10-26-45(43)52-34-51(39-30-28-36(29-31-39)42-19-12-32-56-35-42)57-55(58-52)41-18-9-17-40(33-41)53-47-22-5-7-24-49(47)54(50-25-8-6-23-48(50)53)46-27-11-16-38-14-2-4-21-44(38)46/h1-34,51,56H,35H2,(H,57,58). The van der Waals surface area contributed by atoms with Crippen LogP contribution in [0.4, 0.5) is 0 Å². The second-order valence-electron chi connectivity index (χ2n) is 15.2. The Morgan fingerprint density at radius 2 is 1.02 bits per heavy atom. The molecule has 3 heteroatoms. The summed E-state index contributed by atoms with van der Waals surface area (Å²) in [7, 11) is 0. The van der Waals surface area contributed by atoms with Crippen LogP contribution < -0.4 is 10.6 Å². The Hall–Kier alpha value is -7.49. The van der Waals surface area contributed by atoms with Gasteiger partial charge in [-0.1, -0.05) is 182 Å². The highest BCUT2D eigenvalue weighted by Gasteiger charge is 2.23. The van der Waals surface area contributed by atoms with Crippen LogP contribution in [0.15, 0.2) is 211 Å². The van der Waals surface area contributed by atoms with E-state index in [0.29, 0.717) is 0 Å². The van der Waals surface area contributed by atoms with Crippen molar-refractivity contribution in [3.05, 3.63) is 229 Å². The van der Waals surface area contributed by atoms with Crippen LogP contribution in [0.2, 0.25) is 0 Å². The molecule has 3 nitrogen and oxygen atoms in total. The molecular formula is C55H39N3. The van der Waals surface area contributed by atoms with Gasteiger partial charge in [0.1, 0.15) is 5.84 Å². The summed E-state index contributed by atoms with van der Waals surface area (Å²) < 4.78 is 0. The Labute approximate surface area is 338 Å². The second-order valence-corrected chi connectivity index (χ2v) is 15.2. The first kappa shape index (κ1) is 33.8. The summed E-state index contributed by atoms with van der Waals surface area (Å²) >= 11 is 0. The zero-order valence-electron chi connectivity index (χ0n) is 31.9. The second kappa shape index (κ2) is 14.2. The molecule has 58 heavy (non-hydrogen) atoms. The molecule has 9 aromatic rings. The molecule has 0 radical (unpaired) electrons. The lowest BCUT2D eigenvalue weighted by atomic mass is 9.84. The molecule has 274 valence electrons. The molecule has 2 heterocycles. The van der Waals surface area contributed by atoms with E-state index in [1.807, 2.05) is 6.20 Å². The van der Waals surface area contributed by atoms with E-state index < -0.39 is 0 Å². The van der Waals surface area contributed by atoms with Gasteiger partial charge in [0, 0.05) is 17.7 Å². The van der Waals surface area contributed by atoms with Crippen molar-refractivity contribution < 1.29 is 0 Å². The quantitative estimate of drug-likeness (QED) is 0.167. The zero-order chi connectivity index (χ0) is 38.4. The molecule has 2 aliphatic rings. The lowest BCUT2D eigenvalue weighted by molar-refractivity contribution is 0.781. The highest BCUT2D eigenvalue weighted by molar-refractivity contribution is 6.23. The number of benzene rings is 9. The van der Waals surface area contributed by atoms with Gasteiger partial charge in [-0.3, -0.25) is 0 Å². The Balaban J connectivity index is 1.07. The van der Waals surface area contributed by atoms with E-state index in [1.54, 1.807) is 0 Å². The average molecular weight is 742 g/mol. The maximum Gasteiger partial charge on any atom is 0.134 e. The minimum Gasteiger partial charge on any atom is -0.387 e. The molecule has 2 aliphatic heterocycles. The topological polar surface area (TPSA) is 36.4 Å². The fourth-order valence-corrected chi connectivity index (χ4v) is 9.02. The molecule has 0 spiro atoms. The summed E-state index contributed by atoms with van der Waals surface area (Å²) in [6, 6.07) is 66.1. The minimum atomic E-state index is -0.0841. The van der Waals surface area contributed by atoms with Gasteiger partial charge in [0.25, 0.3) is 0 Å². The van der Waals surface area contributed by atoms with E-state index in [4.69, 9.17) is 4.99 Å². The van der Waals surface area contributed by atoms with Gasteiger partial charge in [0.2, 0.25) is 0 Å². The van der Waals surface area contributed by atoms with Gasteiger partial charge in [-0.2, -0.15) is 0 Å². The molecule has 1 atom stereocenters. The highest BCUT2D eigenvalue weighted by Crippen LogP contribution is 2.45. The molecule has 9 aromatic carbocycles. The molecule has 0 fully saturated rings. The van der Waals surface area contributed by atoms with Gasteiger partial charge in [-0.15, -0.1) is 0 Å². The van der Waals surface area contributed by atoms with Crippen LogP contribution in [0.1, 0.15) is 28.3 Å². The highest BCUT2D eigenvalue weighted by atomic mass is 15.0. The Morgan fingerprint density at radius 1 is 0.466 bits per heavy atom. The van der Waals surface area contributed by atoms with Crippen LogP contribution in [0.3, 0.4) is 0 Å². The monoisotopic (exact) mass is 741 g/mol. The van der Waals surface area contributed by atoms with Crippen LogP contribution in [0.25, 0.3) is 76.6 Å². The largest absolute Gasteiger partial charge is 0.387 e. The van der Waals surface area contributed by atoms with E-state index in [0.717, 1.165) is 34.8 Å². The van der Waals surface area contributed by atoms with Crippen LogP contribution >= 0.6 is 0 Å². The summed E-state index contributed by atoms with van der Waals surface area (Å²) in [5.41, 5.74) is 11.7. The fourth-order valence-electron chi connectivity index (χ4n) is 9.02. The minimum absolute atomic E-state index is 0.0841. The molecule has 2 N–H and O–H groups in total. The zero-order valence-corrected chi connectivity index (χ0v) is 31.9. The fraction of sp³-hybridized carbons (Fsp3) is 0.0364. The van der Waals surface area contributed by atoms with Crippen LogP contribution in [0, 0.1) is 0 Å². The number of hydrogen-bond donors (Lipinski definition) is 2. The summed E-state index contributed by atoms with van der Waals surface area (Å²) in [5, 5.41) is 17.1. The van der Waals surface area contributed by atoms with E-state index in [1.165, 1.54) is 76.5 Å². The van der Waals surface area contributed by atoms with Gasteiger partial charge in [0.15, 0.2) is 0 Å². The first-order chi connectivity index (χ1) is 28.8. The molecule has 0 aliphatic carbocycles. The van der Waals surface area contributed by atoms with Gasteiger partial charge in [0.05, 0.1) is 11.7 Å². The van der Waals surface area contributed by atoms with Gasteiger partial charge in [-0.25, -0.2) is 4.99 Å². The van der Waals surface area contributed by atoms with Crippen molar-refractivity contribution in [1.29, 1.82) is 0 Å². The summed E-state index contributed by atoms with van der Waals surface area (Å²) in [4.78, 5) is 5.42. The number of nitrogens with one attached hydrogen (secondary N) is 2. The molecular weight excluding hydrogens is 703 g/mol. The number of fused-ring (bicyclic) bond motifs is 4. The van der Waals surface area contributed by atoms with Crippen molar-refractivity contribution in [2.24, 2.45) is 4.99 Å². The van der Waals surface area contributed by atoms with Gasteiger partial charge < -0.3 is 10.6 Å². The predicted octanol–water partition coefficient (Wildman–Crippen LogP) is 13.3. The lowest BCUT2D eigenvalue weighted by Crippen LogP contribution is -2.31. The number of allylic oxidation sites excluding steroid dienone is 2. The predicted molar refractivity (Wildman–Crippen MR) is 246 cm³/mol. The molecule has 0 saturated heterocycles. The van der Waals surface area contributed by atoms with Crippen LogP contribution in [-0.2, 0) is 0 Å². The van der Waals surface area contributed by atoms with Crippen molar-refractivity contribution in [2.45, 2.75) is 6.04 Å². The number of aliphatic imine (C=N–C) groups is 1. The third-order valence-electron chi connectivity index (χ3n) is 11.8. The molecule has 0 saturated carbocycles. The van der Waals surface area contributed by atoms with E-state index >= 15 is 0 Å². The number of rotatable bonds is 6. The Bertz CT molecular complexity index is 3130. The number of nitrogens with zero attached hydrogens (tertiary/aromatic N) is 1. The van der Waals surface area contributed by atoms with Crippen molar-refractivity contribution >= 4 is 60.2 Å². The molecule has 1 unspecified atom stereocenters. The van der Waals surface area contributed by atoms with E-state index in [9.17, 15) is 0 Å². The maximum absolute atomic E-state index is 5.42. The smallest absolute Gasteiger partial charge is 0.134 e. The number of amidine groups is 1. The first-order valence-electron chi connectivity index (χ1n) is 20.0. The van der Waals surface area contributed by atoms with Crippen LogP contribution in [0.5, 0.6) is 0 Å². The molecule has 0 aromatic heterocycles. The van der Waals surface area contributed by atoms with Crippen molar-refractivity contribution in [3.63, 3.8) is 0 Å². The molecule has 0 bridgehead atoms. The van der Waals surface area contributed by atoms with E-state index in [2.05, 4.69) is 211 Å².